The SMILES string of the molecule is Cc1noc(C)c1C(=O)N1CC[C@@H](Oc2cncc(N(C)C)n2)C1. The van der Waals surface area contributed by atoms with Crippen molar-refractivity contribution in [3.63, 3.8) is 0 Å². The van der Waals surface area contributed by atoms with E-state index in [-0.39, 0.29) is 12.0 Å². The van der Waals surface area contributed by atoms with E-state index in [1.807, 2.05) is 19.0 Å². The molecule has 0 aromatic carbocycles. The fraction of sp³-hybridized carbons (Fsp3) is 0.500. The Morgan fingerprint density at radius 2 is 2.17 bits per heavy atom. The van der Waals surface area contributed by atoms with Crippen LogP contribution in [0.4, 0.5) is 5.82 Å². The van der Waals surface area contributed by atoms with Gasteiger partial charge in [0, 0.05) is 27.1 Å². The van der Waals surface area contributed by atoms with Gasteiger partial charge in [-0.3, -0.25) is 9.78 Å². The molecule has 0 saturated carbocycles. The number of aryl methyl sites for hydroxylation is 2. The molecule has 0 aliphatic carbocycles. The van der Waals surface area contributed by atoms with Crippen LogP contribution in [0, 0.1) is 13.8 Å². The van der Waals surface area contributed by atoms with Crippen molar-refractivity contribution in [3.05, 3.63) is 29.4 Å². The molecule has 2 aromatic heterocycles. The number of rotatable bonds is 4. The van der Waals surface area contributed by atoms with Gasteiger partial charge >= 0.3 is 0 Å². The predicted octanol–water partition coefficient (Wildman–Crippen LogP) is 1.44. The minimum atomic E-state index is -0.0962. The topological polar surface area (TPSA) is 84.6 Å². The van der Waals surface area contributed by atoms with Gasteiger partial charge in [-0.15, -0.1) is 0 Å². The van der Waals surface area contributed by atoms with Gasteiger partial charge < -0.3 is 19.1 Å². The summed E-state index contributed by atoms with van der Waals surface area (Å²) in [5.74, 6) is 1.68. The molecule has 0 radical (unpaired) electrons. The van der Waals surface area contributed by atoms with Crippen molar-refractivity contribution in [2.24, 2.45) is 0 Å². The highest BCUT2D eigenvalue weighted by molar-refractivity contribution is 5.96. The zero-order valence-electron chi connectivity index (χ0n) is 14.3. The molecule has 1 fully saturated rings. The quantitative estimate of drug-likeness (QED) is 0.838. The third-order valence-electron chi connectivity index (χ3n) is 4.02. The minimum Gasteiger partial charge on any atom is -0.471 e. The molecule has 1 aliphatic rings. The monoisotopic (exact) mass is 331 g/mol. The summed E-state index contributed by atoms with van der Waals surface area (Å²) in [6.07, 6.45) is 3.92. The summed E-state index contributed by atoms with van der Waals surface area (Å²) in [6.45, 7) is 4.67. The van der Waals surface area contributed by atoms with Crippen LogP contribution in [0.3, 0.4) is 0 Å². The van der Waals surface area contributed by atoms with Gasteiger partial charge in [-0.2, -0.15) is 4.98 Å². The van der Waals surface area contributed by atoms with Crippen molar-refractivity contribution >= 4 is 11.7 Å². The molecule has 1 aliphatic heterocycles. The highest BCUT2D eigenvalue weighted by atomic mass is 16.5. The Bertz CT molecular complexity index is 724. The lowest BCUT2D eigenvalue weighted by atomic mass is 10.2. The maximum Gasteiger partial charge on any atom is 0.259 e. The van der Waals surface area contributed by atoms with Crippen LogP contribution in [-0.2, 0) is 0 Å². The number of ether oxygens (including phenoxy) is 1. The van der Waals surface area contributed by atoms with Crippen molar-refractivity contribution in [1.29, 1.82) is 0 Å². The minimum absolute atomic E-state index is 0.0644. The standard InChI is InChI=1S/C16H21N5O3/c1-10-15(11(2)24-19-10)16(22)21-6-5-12(9-21)23-14-8-17-7-13(18-14)20(3)4/h7-8,12H,5-6,9H2,1-4H3/t12-/m1/s1. The number of aromatic nitrogens is 3. The molecule has 8 nitrogen and oxygen atoms in total. The van der Waals surface area contributed by atoms with Gasteiger partial charge in [-0.05, 0) is 13.8 Å². The molecule has 8 heteroatoms. The number of amides is 1. The summed E-state index contributed by atoms with van der Waals surface area (Å²) in [7, 11) is 3.79. The molecule has 24 heavy (non-hydrogen) atoms. The molecule has 3 heterocycles. The zero-order valence-corrected chi connectivity index (χ0v) is 14.3. The van der Waals surface area contributed by atoms with Gasteiger partial charge in [0.15, 0.2) is 5.82 Å². The molecule has 1 saturated heterocycles. The molecule has 0 bridgehead atoms. The summed E-state index contributed by atoms with van der Waals surface area (Å²) in [5, 5.41) is 3.84. The molecule has 0 N–H and O–H groups in total. The Kier molecular flexibility index (Phi) is 4.37. The van der Waals surface area contributed by atoms with Gasteiger partial charge in [-0.25, -0.2) is 0 Å². The van der Waals surface area contributed by atoms with Gasteiger partial charge in [0.25, 0.3) is 5.91 Å². The molecule has 128 valence electrons. The van der Waals surface area contributed by atoms with Crippen molar-refractivity contribution in [2.45, 2.75) is 26.4 Å². The highest BCUT2D eigenvalue weighted by Crippen LogP contribution is 2.22. The summed E-state index contributed by atoms with van der Waals surface area (Å²) < 4.78 is 11.0. The van der Waals surface area contributed by atoms with Gasteiger partial charge in [0.1, 0.15) is 17.4 Å². The molecule has 1 atom stereocenters. The van der Waals surface area contributed by atoms with E-state index in [0.717, 1.165) is 12.2 Å². The molecule has 0 spiro atoms. The summed E-state index contributed by atoms with van der Waals surface area (Å²) >= 11 is 0. The summed E-state index contributed by atoms with van der Waals surface area (Å²) in [5.41, 5.74) is 1.16. The van der Waals surface area contributed by atoms with Gasteiger partial charge in [-0.1, -0.05) is 5.16 Å². The molecule has 3 rings (SSSR count). The predicted molar refractivity (Wildman–Crippen MR) is 87.3 cm³/mol. The number of hydrogen-bond donors (Lipinski definition) is 0. The summed E-state index contributed by atoms with van der Waals surface area (Å²) in [4.78, 5) is 24.8. The average molecular weight is 331 g/mol. The molecule has 2 aromatic rings. The van der Waals surface area contributed by atoms with E-state index in [1.54, 1.807) is 31.1 Å². The molecule has 1 amide bonds. The zero-order chi connectivity index (χ0) is 17.3. The van der Waals surface area contributed by atoms with E-state index in [9.17, 15) is 4.79 Å². The van der Waals surface area contributed by atoms with E-state index in [2.05, 4.69) is 15.1 Å². The van der Waals surface area contributed by atoms with Crippen LogP contribution in [0.5, 0.6) is 5.88 Å². The van der Waals surface area contributed by atoms with Crippen molar-refractivity contribution in [3.8, 4) is 5.88 Å². The summed E-state index contributed by atoms with van der Waals surface area (Å²) in [6, 6.07) is 0. The Balaban J connectivity index is 1.65. The van der Waals surface area contributed by atoms with E-state index >= 15 is 0 Å². The maximum absolute atomic E-state index is 12.6. The Morgan fingerprint density at radius 3 is 2.83 bits per heavy atom. The largest absolute Gasteiger partial charge is 0.471 e. The lowest BCUT2D eigenvalue weighted by molar-refractivity contribution is 0.0768. The number of likely N-dealkylation sites (tertiary alicyclic amines) is 1. The van der Waals surface area contributed by atoms with E-state index in [4.69, 9.17) is 9.26 Å². The van der Waals surface area contributed by atoms with Crippen molar-refractivity contribution in [2.75, 3.05) is 32.1 Å². The second-order valence-electron chi connectivity index (χ2n) is 6.09. The fourth-order valence-electron chi connectivity index (χ4n) is 2.74. The first-order chi connectivity index (χ1) is 11.5. The lowest BCUT2D eigenvalue weighted by Gasteiger charge is -2.17. The number of hydrogen-bond acceptors (Lipinski definition) is 7. The third kappa shape index (κ3) is 3.17. The first-order valence-corrected chi connectivity index (χ1v) is 7.84. The van der Waals surface area contributed by atoms with Crippen LogP contribution in [0.2, 0.25) is 0 Å². The molecular weight excluding hydrogens is 310 g/mol. The first kappa shape index (κ1) is 16.2. The second kappa shape index (κ2) is 6.46. The Morgan fingerprint density at radius 1 is 1.38 bits per heavy atom. The number of carbonyl (C=O) groups excluding carboxylic acids is 1. The first-order valence-electron chi connectivity index (χ1n) is 7.84. The van der Waals surface area contributed by atoms with E-state index in [1.165, 1.54) is 0 Å². The van der Waals surface area contributed by atoms with Crippen LogP contribution in [-0.4, -0.2) is 59.2 Å². The van der Waals surface area contributed by atoms with Crippen LogP contribution >= 0.6 is 0 Å². The molecular formula is C16H21N5O3. The Hall–Kier alpha value is -2.64. The average Bonchev–Trinajstić information content (AvgIpc) is 3.14. The third-order valence-corrected chi connectivity index (χ3v) is 4.02. The van der Waals surface area contributed by atoms with Crippen molar-refractivity contribution in [1.82, 2.24) is 20.0 Å². The number of nitrogens with zero attached hydrogens (tertiary/aromatic N) is 5. The second-order valence-corrected chi connectivity index (χ2v) is 6.09. The highest BCUT2D eigenvalue weighted by Gasteiger charge is 2.31. The number of carbonyl (C=O) groups is 1. The molecule has 0 unspecified atom stereocenters. The smallest absolute Gasteiger partial charge is 0.259 e. The van der Waals surface area contributed by atoms with Crippen LogP contribution < -0.4 is 9.64 Å². The van der Waals surface area contributed by atoms with Crippen molar-refractivity contribution < 1.29 is 14.1 Å². The lowest BCUT2D eigenvalue weighted by Crippen LogP contribution is -2.31. The number of anilines is 1. The van der Waals surface area contributed by atoms with Gasteiger partial charge in [0.2, 0.25) is 5.88 Å². The van der Waals surface area contributed by atoms with Gasteiger partial charge in [0.05, 0.1) is 24.6 Å². The van der Waals surface area contributed by atoms with E-state index in [0.29, 0.717) is 36.0 Å². The normalized spacial score (nSPS) is 17.2. The van der Waals surface area contributed by atoms with E-state index < -0.39 is 0 Å². The Labute approximate surface area is 140 Å². The van der Waals surface area contributed by atoms with Crippen LogP contribution in [0.15, 0.2) is 16.9 Å². The maximum atomic E-state index is 12.6. The van der Waals surface area contributed by atoms with Crippen LogP contribution in [0.25, 0.3) is 0 Å². The van der Waals surface area contributed by atoms with Crippen LogP contribution in [0.1, 0.15) is 28.2 Å². The fourth-order valence-corrected chi connectivity index (χ4v) is 2.74.